The first-order chi connectivity index (χ1) is 7.66. The van der Waals surface area contributed by atoms with Crippen molar-refractivity contribution in [1.29, 1.82) is 0 Å². The van der Waals surface area contributed by atoms with Gasteiger partial charge in [-0.3, -0.25) is 4.90 Å². The molecule has 1 aliphatic heterocycles. The molecular formula is C14H22N2. The number of hydrogen-bond donors (Lipinski definition) is 1. The highest BCUT2D eigenvalue weighted by molar-refractivity contribution is 5.37. The molecule has 1 aliphatic rings. The van der Waals surface area contributed by atoms with Crippen molar-refractivity contribution in [3.05, 3.63) is 34.4 Å². The molecule has 2 nitrogen and oxygen atoms in total. The molecule has 0 saturated carbocycles. The van der Waals surface area contributed by atoms with E-state index in [1.165, 1.54) is 35.3 Å². The molecule has 16 heavy (non-hydrogen) atoms. The molecule has 1 fully saturated rings. The molecule has 0 aromatic heterocycles. The van der Waals surface area contributed by atoms with Crippen LogP contribution in [-0.2, 0) is 6.54 Å². The van der Waals surface area contributed by atoms with Crippen LogP contribution in [0.2, 0.25) is 0 Å². The van der Waals surface area contributed by atoms with E-state index >= 15 is 0 Å². The van der Waals surface area contributed by atoms with Crippen molar-refractivity contribution >= 4 is 0 Å². The van der Waals surface area contributed by atoms with Crippen molar-refractivity contribution in [1.82, 2.24) is 10.2 Å². The molecule has 0 aliphatic carbocycles. The predicted molar refractivity (Wildman–Crippen MR) is 68.8 cm³/mol. The quantitative estimate of drug-likeness (QED) is 0.817. The highest BCUT2D eigenvalue weighted by atomic mass is 15.2. The van der Waals surface area contributed by atoms with Crippen molar-refractivity contribution in [2.24, 2.45) is 0 Å². The monoisotopic (exact) mass is 218 g/mol. The molecule has 0 bridgehead atoms. The Balaban J connectivity index is 2.14. The molecule has 0 radical (unpaired) electrons. The third-order valence-electron chi connectivity index (χ3n) is 3.43. The lowest BCUT2D eigenvalue weighted by atomic mass is 9.99. The van der Waals surface area contributed by atoms with Gasteiger partial charge in [0.1, 0.15) is 0 Å². The largest absolute Gasteiger partial charge is 0.314 e. The molecule has 1 heterocycles. The Kier molecular flexibility index (Phi) is 3.62. The first kappa shape index (κ1) is 11.6. The van der Waals surface area contributed by atoms with E-state index in [1.807, 2.05) is 0 Å². The Hall–Kier alpha value is -0.860. The Morgan fingerprint density at radius 3 is 2.19 bits per heavy atom. The zero-order chi connectivity index (χ0) is 11.5. The van der Waals surface area contributed by atoms with E-state index in [1.54, 1.807) is 0 Å². The van der Waals surface area contributed by atoms with Crippen molar-refractivity contribution in [2.45, 2.75) is 27.3 Å². The maximum absolute atomic E-state index is 3.40. The summed E-state index contributed by atoms with van der Waals surface area (Å²) in [5.74, 6) is 0. The number of hydrogen-bond acceptors (Lipinski definition) is 2. The lowest BCUT2D eigenvalue weighted by Gasteiger charge is -2.28. The van der Waals surface area contributed by atoms with E-state index in [-0.39, 0.29) is 0 Å². The second-order valence-electron chi connectivity index (χ2n) is 4.90. The average molecular weight is 218 g/mol. The van der Waals surface area contributed by atoms with Gasteiger partial charge in [0.05, 0.1) is 0 Å². The van der Waals surface area contributed by atoms with Crippen LogP contribution >= 0.6 is 0 Å². The smallest absolute Gasteiger partial charge is 0.0240 e. The molecular weight excluding hydrogens is 196 g/mol. The number of nitrogens with one attached hydrogen (secondary N) is 1. The van der Waals surface area contributed by atoms with E-state index in [4.69, 9.17) is 0 Å². The lowest BCUT2D eigenvalue weighted by molar-refractivity contribution is 0.232. The van der Waals surface area contributed by atoms with Crippen molar-refractivity contribution in [2.75, 3.05) is 26.2 Å². The summed E-state index contributed by atoms with van der Waals surface area (Å²) in [5, 5.41) is 3.40. The molecule has 0 amide bonds. The Morgan fingerprint density at radius 2 is 1.62 bits per heavy atom. The van der Waals surface area contributed by atoms with Gasteiger partial charge in [-0.25, -0.2) is 0 Å². The van der Waals surface area contributed by atoms with Gasteiger partial charge in [-0.1, -0.05) is 17.7 Å². The van der Waals surface area contributed by atoms with Crippen LogP contribution in [0.25, 0.3) is 0 Å². The summed E-state index contributed by atoms with van der Waals surface area (Å²) in [6.07, 6.45) is 0. The number of nitrogens with zero attached hydrogens (tertiary/aromatic N) is 1. The minimum Gasteiger partial charge on any atom is -0.314 e. The molecule has 1 aromatic rings. The number of piperazine rings is 1. The van der Waals surface area contributed by atoms with Gasteiger partial charge >= 0.3 is 0 Å². The maximum Gasteiger partial charge on any atom is 0.0240 e. The first-order valence-electron chi connectivity index (χ1n) is 6.16. The van der Waals surface area contributed by atoms with Gasteiger partial charge in [0, 0.05) is 32.7 Å². The zero-order valence-electron chi connectivity index (χ0n) is 10.6. The Morgan fingerprint density at radius 1 is 1.06 bits per heavy atom. The zero-order valence-corrected chi connectivity index (χ0v) is 10.6. The van der Waals surface area contributed by atoms with Crippen LogP contribution in [0.15, 0.2) is 12.1 Å². The number of rotatable bonds is 2. The fourth-order valence-corrected chi connectivity index (χ4v) is 2.55. The maximum atomic E-state index is 3.40. The highest BCUT2D eigenvalue weighted by Crippen LogP contribution is 2.18. The van der Waals surface area contributed by atoms with E-state index in [2.05, 4.69) is 43.1 Å². The molecule has 1 aromatic carbocycles. The summed E-state index contributed by atoms with van der Waals surface area (Å²) >= 11 is 0. The van der Waals surface area contributed by atoms with Crippen molar-refractivity contribution in [3.8, 4) is 0 Å². The Bertz CT molecular complexity index is 342. The summed E-state index contributed by atoms with van der Waals surface area (Å²) in [5.41, 5.74) is 5.78. The van der Waals surface area contributed by atoms with Gasteiger partial charge < -0.3 is 5.32 Å². The summed E-state index contributed by atoms with van der Waals surface area (Å²) in [4.78, 5) is 2.54. The molecule has 0 atom stereocenters. The van der Waals surface area contributed by atoms with Gasteiger partial charge in [-0.05, 0) is 37.5 Å². The second-order valence-corrected chi connectivity index (χ2v) is 4.90. The first-order valence-corrected chi connectivity index (χ1v) is 6.16. The molecule has 2 rings (SSSR count). The van der Waals surface area contributed by atoms with Crippen LogP contribution in [0.3, 0.4) is 0 Å². The minimum atomic E-state index is 1.11. The molecule has 1 saturated heterocycles. The highest BCUT2D eigenvalue weighted by Gasteiger charge is 2.12. The molecule has 1 N–H and O–H groups in total. The van der Waals surface area contributed by atoms with E-state index in [9.17, 15) is 0 Å². The van der Waals surface area contributed by atoms with Crippen LogP contribution < -0.4 is 5.32 Å². The van der Waals surface area contributed by atoms with Crippen LogP contribution in [-0.4, -0.2) is 31.1 Å². The van der Waals surface area contributed by atoms with Crippen molar-refractivity contribution in [3.63, 3.8) is 0 Å². The third kappa shape index (κ3) is 2.63. The van der Waals surface area contributed by atoms with Gasteiger partial charge in [0.25, 0.3) is 0 Å². The number of benzene rings is 1. The van der Waals surface area contributed by atoms with E-state index in [0.717, 1.165) is 19.6 Å². The summed E-state index contributed by atoms with van der Waals surface area (Å²) in [6.45, 7) is 12.4. The van der Waals surface area contributed by atoms with Gasteiger partial charge in [-0.15, -0.1) is 0 Å². The summed E-state index contributed by atoms with van der Waals surface area (Å²) < 4.78 is 0. The fourth-order valence-electron chi connectivity index (χ4n) is 2.55. The predicted octanol–water partition coefficient (Wildman–Crippen LogP) is 2.02. The van der Waals surface area contributed by atoms with Crippen LogP contribution in [0.5, 0.6) is 0 Å². The second kappa shape index (κ2) is 4.98. The standard InChI is InChI=1S/C14H22N2/c1-11-8-12(2)14(13(3)9-11)10-16-6-4-15-5-7-16/h8-9,15H,4-7,10H2,1-3H3. The Labute approximate surface area is 98.7 Å². The van der Waals surface area contributed by atoms with Gasteiger partial charge in [-0.2, -0.15) is 0 Å². The minimum absolute atomic E-state index is 1.11. The van der Waals surface area contributed by atoms with Crippen molar-refractivity contribution < 1.29 is 0 Å². The normalized spacial score (nSPS) is 17.7. The van der Waals surface area contributed by atoms with Crippen LogP contribution in [0.1, 0.15) is 22.3 Å². The fraction of sp³-hybridized carbons (Fsp3) is 0.571. The molecule has 88 valence electrons. The lowest BCUT2D eigenvalue weighted by Crippen LogP contribution is -2.43. The average Bonchev–Trinajstić information content (AvgIpc) is 2.25. The van der Waals surface area contributed by atoms with E-state index in [0.29, 0.717) is 0 Å². The molecule has 2 heteroatoms. The summed E-state index contributed by atoms with van der Waals surface area (Å²) in [6, 6.07) is 4.59. The topological polar surface area (TPSA) is 15.3 Å². The summed E-state index contributed by atoms with van der Waals surface area (Å²) in [7, 11) is 0. The van der Waals surface area contributed by atoms with Gasteiger partial charge in [0.2, 0.25) is 0 Å². The van der Waals surface area contributed by atoms with E-state index < -0.39 is 0 Å². The van der Waals surface area contributed by atoms with Crippen LogP contribution in [0.4, 0.5) is 0 Å². The molecule has 0 spiro atoms. The molecule has 0 unspecified atom stereocenters. The SMILES string of the molecule is Cc1cc(C)c(CN2CCNCC2)c(C)c1. The van der Waals surface area contributed by atoms with Crippen LogP contribution in [0, 0.1) is 20.8 Å². The van der Waals surface area contributed by atoms with Gasteiger partial charge in [0.15, 0.2) is 0 Å². The third-order valence-corrected chi connectivity index (χ3v) is 3.43. The number of aryl methyl sites for hydroxylation is 3.